The molecule has 0 amide bonds. The Hall–Kier alpha value is -1.04. The minimum Gasteiger partial charge on any atom is -0.394 e. The first-order valence-electron chi connectivity index (χ1n) is 9.43. The average Bonchev–Trinajstić information content (AvgIpc) is 3.29. The Morgan fingerprint density at radius 3 is 2.86 bits per heavy atom. The Bertz CT molecular complexity index is 850. The molecule has 1 unspecified atom stereocenters. The predicted molar refractivity (Wildman–Crippen MR) is 103 cm³/mol. The van der Waals surface area contributed by atoms with E-state index in [0.29, 0.717) is 27.9 Å². The number of ether oxygens (including phenoxy) is 3. The molecule has 1 saturated carbocycles. The maximum atomic E-state index is 9.13. The lowest BCUT2D eigenvalue weighted by molar-refractivity contribution is -0.171. The van der Waals surface area contributed by atoms with Gasteiger partial charge in [-0.1, -0.05) is 35.5 Å². The molecule has 0 radical (unpaired) electrons. The number of aliphatic hydroxyl groups is 1. The zero-order valence-electron chi connectivity index (χ0n) is 16.0. The fraction of sp³-hybridized carbons (Fsp3) is 0.765. The standard InChI is InChI=1S/C17H24ClN5O4S/c1-4-7-28-16-19-14(18)11-15(20-16)23(22-21-11)9-8-10(25-6-5-24)13-12(9)26-17(2,3)27-13/h9-10,12-13,24H,4-8H2,1-3H3/t9-,10+,12?,13-/m1/s1. The average molecular weight is 430 g/mol. The molecule has 1 aliphatic carbocycles. The lowest BCUT2D eigenvalue weighted by Crippen LogP contribution is -2.31. The second kappa shape index (κ2) is 8.00. The molecule has 28 heavy (non-hydrogen) atoms. The van der Waals surface area contributed by atoms with Crippen molar-refractivity contribution < 1.29 is 19.3 Å². The molecule has 11 heteroatoms. The van der Waals surface area contributed by atoms with Crippen molar-refractivity contribution in [2.24, 2.45) is 0 Å². The van der Waals surface area contributed by atoms with Crippen molar-refractivity contribution in [1.82, 2.24) is 25.0 Å². The van der Waals surface area contributed by atoms with Crippen molar-refractivity contribution in [2.45, 2.75) is 68.9 Å². The van der Waals surface area contributed by atoms with E-state index in [9.17, 15) is 0 Å². The third-order valence-electron chi connectivity index (χ3n) is 4.82. The van der Waals surface area contributed by atoms with Crippen molar-refractivity contribution in [3.63, 3.8) is 0 Å². The van der Waals surface area contributed by atoms with E-state index in [1.54, 1.807) is 16.4 Å². The minimum atomic E-state index is -0.722. The third kappa shape index (κ3) is 3.73. The molecule has 3 heterocycles. The van der Waals surface area contributed by atoms with Gasteiger partial charge in [-0.3, -0.25) is 0 Å². The zero-order chi connectivity index (χ0) is 19.9. The summed E-state index contributed by atoms with van der Waals surface area (Å²) < 4.78 is 19.8. The molecule has 0 spiro atoms. The summed E-state index contributed by atoms with van der Waals surface area (Å²) in [5.41, 5.74) is 1.05. The van der Waals surface area contributed by atoms with Gasteiger partial charge in [-0.15, -0.1) is 5.10 Å². The Morgan fingerprint density at radius 1 is 1.32 bits per heavy atom. The van der Waals surface area contributed by atoms with Crippen LogP contribution in [-0.4, -0.2) is 73.1 Å². The maximum absolute atomic E-state index is 9.13. The van der Waals surface area contributed by atoms with E-state index < -0.39 is 5.79 Å². The normalized spacial score (nSPS) is 28.9. The van der Waals surface area contributed by atoms with E-state index in [4.69, 9.17) is 30.9 Å². The SMILES string of the molecule is CCCSc1nc(Cl)c2nnn([C@@H]3C[C@H](OCCO)[C@H]4OC(C)(C)OC34)c2n1. The first-order chi connectivity index (χ1) is 13.4. The Balaban J connectivity index is 1.69. The molecule has 154 valence electrons. The van der Waals surface area contributed by atoms with Gasteiger partial charge in [0.15, 0.2) is 27.3 Å². The lowest BCUT2D eigenvalue weighted by Gasteiger charge is -2.23. The number of hydrogen-bond donors (Lipinski definition) is 1. The molecule has 9 nitrogen and oxygen atoms in total. The van der Waals surface area contributed by atoms with Crippen LogP contribution >= 0.6 is 23.4 Å². The van der Waals surface area contributed by atoms with Crippen LogP contribution in [0.25, 0.3) is 11.2 Å². The maximum Gasteiger partial charge on any atom is 0.191 e. The van der Waals surface area contributed by atoms with Crippen LogP contribution in [0, 0.1) is 0 Å². The highest BCUT2D eigenvalue weighted by Gasteiger charge is 2.56. The summed E-state index contributed by atoms with van der Waals surface area (Å²) in [4.78, 5) is 8.96. The van der Waals surface area contributed by atoms with Crippen LogP contribution in [0.2, 0.25) is 5.15 Å². The Kier molecular flexibility index (Phi) is 5.78. The van der Waals surface area contributed by atoms with Crippen LogP contribution in [0.1, 0.15) is 39.7 Å². The fourth-order valence-corrected chi connectivity index (χ4v) is 4.72. The monoisotopic (exact) mass is 429 g/mol. The van der Waals surface area contributed by atoms with Crippen molar-refractivity contribution >= 4 is 34.5 Å². The highest BCUT2D eigenvalue weighted by atomic mass is 35.5. The summed E-state index contributed by atoms with van der Waals surface area (Å²) in [6, 6.07) is -0.171. The number of halogens is 1. The number of rotatable bonds is 7. The smallest absolute Gasteiger partial charge is 0.191 e. The van der Waals surface area contributed by atoms with Gasteiger partial charge in [0.1, 0.15) is 12.2 Å². The number of thioether (sulfide) groups is 1. The molecule has 1 aliphatic heterocycles. The summed E-state index contributed by atoms with van der Waals surface area (Å²) in [6.07, 6.45) is 0.899. The van der Waals surface area contributed by atoms with Gasteiger partial charge in [0, 0.05) is 12.2 Å². The zero-order valence-corrected chi connectivity index (χ0v) is 17.6. The number of nitrogens with zero attached hydrogens (tertiary/aromatic N) is 5. The summed E-state index contributed by atoms with van der Waals surface area (Å²) in [6.45, 7) is 6.06. The van der Waals surface area contributed by atoms with Crippen molar-refractivity contribution in [2.75, 3.05) is 19.0 Å². The molecule has 0 bridgehead atoms. The number of aliphatic hydroxyl groups excluding tert-OH is 1. The second-order valence-electron chi connectivity index (χ2n) is 7.35. The van der Waals surface area contributed by atoms with E-state index in [2.05, 4.69) is 27.2 Å². The van der Waals surface area contributed by atoms with Crippen LogP contribution in [0.4, 0.5) is 0 Å². The van der Waals surface area contributed by atoms with Crippen LogP contribution in [0.15, 0.2) is 5.16 Å². The molecule has 2 aromatic rings. The Morgan fingerprint density at radius 2 is 2.11 bits per heavy atom. The van der Waals surface area contributed by atoms with E-state index in [-0.39, 0.29) is 37.6 Å². The molecule has 1 N–H and O–H groups in total. The van der Waals surface area contributed by atoms with Crippen LogP contribution in [-0.2, 0) is 14.2 Å². The van der Waals surface area contributed by atoms with Crippen molar-refractivity contribution in [3.05, 3.63) is 5.15 Å². The van der Waals surface area contributed by atoms with Gasteiger partial charge in [-0.25, -0.2) is 14.6 Å². The minimum absolute atomic E-state index is 0.0457. The van der Waals surface area contributed by atoms with Gasteiger partial charge in [-0.2, -0.15) is 0 Å². The van der Waals surface area contributed by atoms with Crippen LogP contribution < -0.4 is 0 Å². The van der Waals surface area contributed by atoms with Gasteiger partial charge < -0.3 is 19.3 Å². The molecule has 2 aliphatic rings. The molecule has 4 atom stereocenters. The number of hydrogen-bond acceptors (Lipinski definition) is 9. The molecule has 2 aromatic heterocycles. The van der Waals surface area contributed by atoms with Crippen molar-refractivity contribution in [3.8, 4) is 0 Å². The summed E-state index contributed by atoms with van der Waals surface area (Å²) in [5.74, 6) is 0.180. The summed E-state index contributed by atoms with van der Waals surface area (Å²) in [7, 11) is 0. The topological polar surface area (TPSA) is 104 Å². The summed E-state index contributed by atoms with van der Waals surface area (Å²) >= 11 is 7.88. The first kappa shape index (κ1) is 20.2. The Labute approximate surface area is 172 Å². The van der Waals surface area contributed by atoms with Gasteiger partial charge in [0.05, 0.1) is 25.4 Å². The van der Waals surface area contributed by atoms with E-state index in [0.717, 1.165) is 12.2 Å². The second-order valence-corrected chi connectivity index (χ2v) is 8.77. The fourth-order valence-electron chi connectivity index (χ4n) is 3.77. The van der Waals surface area contributed by atoms with E-state index in [1.807, 2.05) is 13.8 Å². The third-order valence-corrected chi connectivity index (χ3v) is 6.13. The van der Waals surface area contributed by atoms with Gasteiger partial charge in [-0.05, 0) is 20.3 Å². The van der Waals surface area contributed by atoms with Crippen LogP contribution in [0.3, 0.4) is 0 Å². The van der Waals surface area contributed by atoms with Gasteiger partial charge in [0.2, 0.25) is 0 Å². The quantitative estimate of drug-likeness (QED) is 0.403. The molecule has 4 rings (SSSR count). The molecule has 0 aromatic carbocycles. The van der Waals surface area contributed by atoms with Gasteiger partial charge in [0.25, 0.3) is 0 Å². The molecular formula is C17H24ClN5O4S. The highest BCUT2D eigenvalue weighted by molar-refractivity contribution is 7.99. The predicted octanol–water partition coefficient (Wildman–Crippen LogP) is 2.22. The lowest BCUT2D eigenvalue weighted by atomic mass is 10.2. The van der Waals surface area contributed by atoms with Crippen LogP contribution in [0.5, 0.6) is 0 Å². The molecule has 1 saturated heterocycles. The molecular weight excluding hydrogens is 406 g/mol. The highest BCUT2D eigenvalue weighted by Crippen LogP contribution is 2.45. The van der Waals surface area contributed by atoms with Gasteiger partial charge >= 0.3 is 0 Å². The van der Waals surface area contributed by atoms with E-state index in [1.165, 1.54) is 0 Å². The largest absolute Gasteiger partial charge is 0.394 e. The molecule has 2 fully saturated rings. The first-order valence-corrected chi connectivity index (χ1v) is 10.8. The van der Waals surface area contributed by atoms with Crippen molar-refractivity contribution in [1.29, 1.82) is 0 Å². The van der Waals surface area contributed by atoms with E-state index >= 15 is 0 Å². The number of fused-ring (bicyclic) bond motifs is 2. The number of aromatic nitrogens is 5. The summed E-state index contributed by atoms with van der Waals surface area (Å²) in [5, 5.41) is 18.5.